The lowest BCUT2D eigenvalue weighted by molar-refractivity contribution is -0.0729. The van der Waals surface area contributed by atoms with Crippen LogP contribution in [0.2, 0.25) is 0 Å². The summed E-state index contributed by atoms with van der Waals surface area (Å²) in [6.07, 6.45) is -0.329. The van der Waals surface area contributed by atoms with Gasteiger partial charge in [0, 0.05) is 5.56 Å². The van der Waals surface area contributed by atoms with Crippen molar-refractivity contribution in [1.29, 1.82) is 0 Å². The van der Waals surface area contributed by atoms with Crippen LogP contribution in [0.5, 0.6) is 0 Å². The van der Waals surface area contributed by atoms with Gasteiger partial charge in [0.1, 0.15) is 5.60 Å². The number of carbonyl (C=O) groups excluding carboxylic acids is 1. The van der Waals surface area contributed by atoms with Gasteiger partial charge >= 0.3 is 0 Å². The van der Waals surface area contributed by atoms with Crippen LogP contribution in [0.4, 0.5) is 0 Å². The number of rotatable bonds is 4. The lowest BCUT2D eigenvalue weighted by Crippen LogP contribution is -2.25. The second-order valence-corrected chi connectivity index (χ2v) is 8.29. The molecule has 6 heteroatoms. The molecule has 0 saturated carbocycles. The van der Waals surface area contributed by atoms with Crippen LogP contribution in [0.3, 0.4) is 0 Å². The van der Waals surface area contributed by atoms with Gasteiger partial charge in [-0.3, -0.25) is 4.79 Å². The highest BCUT2D eigenvalue weighted by Gasteiger charge is 2.37. The Kier molecular flexibility index (Phi) is 4.53. The first-order valence-electron chi connectivity index (χ1n) is 7.98. The van der Waals surface area contributed by atoms with E-state index in [1.165, 1.54) is 31.2 Å². The fraction of sp³-hybridized carbons (Fsp3) is 0.316. The smallest absolute Gasteiger partial charge is 0.206 e. The van der Waals surface area contributed by atoms with Crippen LogP contribution in [-0.4, -0.2) is 27.1 Å². The predicted octanol–water partition coefficient (Wildman–Crippen LogP) is 3.33. The zero-order valence-electron chi connectivity index (χ0n) is 14.4. The third-order valence-electron chi connectivity index (χ3n) is 4.35. The van der Waals surface area contributed by atoms with Gasteiger partial charge in [-0.15, -0.1) is 0 Å². The molecule has 0 aliphatic carbocycles. The summed E-state index contributed by atoms with van der Waals surface area (Å²) >= 11 is 0. The largest absolute Gasteiger partial charge is 0.350 e. The van der Waals surface area contributed by atoms with Crippen molar-refractivity contribution in [3.8, 4) is 0 Å². The lowest BCUT2D eigenvalue weighted by atomic mass is 9.97. The van der Waals surface area contributed by atoms with Gasteiger partial charge in [-0.1, -0.05) is 24.3 Å². The number of carbonyl (C=O) groups is 1. The highest BCUT2D eigenvalue weighted by molar-refractivity contribution is 7.91. The van der Waals surface area contributed by atoms with E-state index in [0.29, 0.717) is 12.2 Å². The molecule has 1 aliphatic heterocycles. The van der Waals surface area contributed by atoms with Crippen molar-refractivity contribution >= 4 is 15.6 Å². The Bertz CT molecular complexity index is 902. The average molecular weight is 360 g/mol. The monoisotopic (exact) mass is 360 g/mol. The molecule has 3 rings (SSSR count). The van der Waals surface area contributed by atoms with E-state index in [0.717, 1.165) is 5.56 Å². The lowest BCUT2D eigenvalue weighted by Gasteiger charge is -2.23. The zero-order valence-corrected chi connectivity index (χ0v) is 15.2. The maximum atomic E-state index is 12.9. The molecule has 25 heavy (non-hydrogen) atoms. The van der Waals surface area contributed by atoms with E-state index in [4.69, 9.17) is 9.47 Å². The van der Waals surface area contributed by atoms with Gasteiger partial charge in [0.05, 0.1) is 16.4 Å². The SMILES string of the molecule is CC(=O)c1ccc(S(=O)(=O)c2cccc(C3(C)COC(C)O3)c2)cc1. The Morgan fingerprint density at radius 1 is 1.12 bits per heavy atom. The van der Waals surface area contributed by atoms with Crippen molar-refractivity contribution < 1.29 is 22.7 Å². The fourth-order valence-corrected chi connectivity index (χ4v) is 4.17. The molecule has 2 atom stereocenters. The number of hydrogen-bond acceptors (Lipinski definition) is 5. The summed E-state index contributed by atoms with van der Waals surface area (Å²) in [5.74, 6) is -0.105. The number of hydrogen-bond donors (Lipinski definition) is 0. The first-order valence-corrected chi connectivity index (χ1v) is 9.47. The fourth-order valence-electron chi connectivity index (χ4n) is 2.86. The molecule has 5 nitrogen and oxygen atoms in total. The minimum Gasteiger partial charge on any atom is -0.350 e. The summed E-state index contributed by atoms with van der Waals surface area (Å²) in [4.78, 5) is 11.7. The standard InChI is InChI=1S/C19H20O5S/c1-13(20)15-7-9-17(10-8-15)25(21,22)18-6-4-5-16(11-18)19(3)12-23-14(2)24-19/h4-11,14H,12H2,1-3H3. The number of ketones is 1. The van der Waals surface area contributed by atoms with E-state index >= 15 is 0 Å². The quantitative estimate of drug-likeness (QED) is 0.782. The van der Waals surface area contributed by atoms with Crippen molar-refractivity contribution in [3.63, 3.8) is 0 Å². The second kappa shape index (κ2) is 6.37. The predicted molar refractivity (Wildman–Crippen MR) is 92.2 cm³/mol. The molecule has 2 aromatic carbocycles. The summed E-state index contributed by atoms with van der Waals surface area (Å²) in [5, 5.41) is 0. The minimum absolute atomic E-state index is 0.105. The van der Waals surface area contributed by atoms with E-state index in [-0.39, 0.29) is 21.9 Å². The van der Waals surface area contributed by atoms with Gasteiger partial charge in [-0.05, 0) is 50.6 Å². The summed E-state index contributed by atoms with van der Waals surface area (Å²) in [5.41, 5.74) is 0.549. The Morgan fingerprint density at radius 3 is 2.36 bits per heavy atom. The van der Waals surface area contributed by atoms with Crippen LogP contribution in [0.15, 0.2) is 58.3 Å². The maximum Gasteiger partial charge on any atom is 0.206 e. The number of sulfone groups is 1. The van der Waals surface area contributed by atoms with Crippen LogP contribution < -0.4 is 0 Å². The Hall–Kier alpha value is -2.02. The first-order chi connectivity index (χ1) is 11.7. The van der Waals surface area contributed by atoms with Crippen molar-refractivity contribution in [3.05, 3.63) is 59.7 Å². The molecular formula is C19H20O5S. The van der Waals surface area contributed by atoms with Crippen molar-refractivity contribution in [2.75, 3.05) is 6.61 Å². The van der Waals surface area contributed by atoms with Crippen molar-refractivity contribution in [2.45, 2.75) is 42.5 Å². The Morgan fingerprint density at radius 2 is 1.80 bits per heavy atom. The number of Topliss-reactive ketones (excluding diaryl/α,β-unsaturated/α-hetero) is 1. The Balaban J connectivity index is 1.98. The molecule has 2 aromatic rings. The maximum absolute atomic E-state index is 12.9. The zero-order chi connectivity index (χ0) is 18.2. The molecule has 0 aromatic heterocycles. The second-order valence-electron chi connectivity index (χ2n) is 6.34. The highest BCUT2D eigenvalue weighted by atomic mass is 32.2. The summed E-state index contributed by atoms with van der Waals surface area (Å²) in [7, 11) is -3.68. The van der Waals surface area contributed by atoms with Crippen LogP contribution >= 0.6 is 0 Å². The van der Waals surface area contributed by atoms with E-state index < -0.39 is 15.4 Å². The third kappa shape index (κ3) is 3.38. The molecule has 132 valence electrons. The molecule has 1 fully saturated rings. The number of ether oxygens (including phenoxy) is 2. The van der Waals surface area contributed by atoms with E-state index in [2.05, 4.69) is 0 Å². The highest BCUT2D eigenvalue weighted by Crippen LogP contribution is 2.34. The average Bonchev–Trinajstić information content (AvgIpc) is 2.95. The van der Waals surface area contributed by atoms with E-state index in [1.54, 1.807) is 18.2 Å². The van der Waals surface area contributed by atoms with Crippen LogP contribution in [0.25, 0.3) is 0 Å². The molecule has 1 saturated heterocycles. The topological polar surface area (TPSA) is 69.7 Å². The van der Waals surface area contributed by atoms with Gasteiger partial charge in [-0.25, -0.2) is 8.42 Å². The Labute approximate surface area is 147 Å². The summed E-state index contributed by atoms with van der Waals surface area (Å²) < 4.78 is 37.0. The molecule has 0 radical (unpaired) electrons. The minimum atomic E-state index is -3.68. The van der Waals surface area contributed by atoms with Gasteiger partial charge in [-0.2, -0.15) is 0 Å². The first kappa shape index (κ1) is 17.8. The van der Waals surface area contributed by atoms with E-state index in [1.807, 2.05) is 19.9 Å². The van der Waals surface area contributed by atoms with Crippen molar-refractivity contribution in [1.82, 2.24) is 0 Å². The molecule has 0 amide bonds. The molecule has 1 heterocycles. The van der Waals surface area contributed by atoms with Crippen LogP contribution in [-0.2, 0) is 24.9 Å². The van der Waals surface area contributed by atoms with Gasteiger partial charge in [0.25, 0.3) is 0 Å². The van der Waals surface area contributed by atoms with Gasteiger partial charge in [0.15, 0.2) is 12.1 Å². The third-order valence-corrected chi connectivity index (χ3v) is 6.11. The number of benzene rings is 2. The molecule has 2 unspecified atom stereocenters. The van der Waals surface area contributed by atoms with Crippen molar-refractivity contribution in [2.24, 2.45) is 0 Å². The molecule has 0 N–H and O–H groups in total. The van der Waals surface area contributed by atoms with Gasteiger partial charge < -0.3 is 9.47 Å². The van der Waals surface area contributed by atoms with E-state index in [9.17, 15) is 13.2 Å². The van der Waals surface area contributed by atoms with Crippen LogP contribution in [0.1, 0.15) is 36.7 Å². The van der Waals surface area contributed by atoms with Gasteiger partial charge in [0.2, 0.25) is 9.84 Å². The molecule has 0 spiro atoms. The normalized spacial score (nSPS) is 23.6. The summed E-state index contributed by atoms with van der Waals surface area (Å²) in [6.45, 7) is 5.50. The molecule has 1 aliphatic rings. The molecule has 0 bridgehead atoms. The summed E-state index contributed by atoms with van der Waals surface area (Å²) in [6, 6.07) is 12.7. The van der Waals surface area contributed by atoms with Crippen LogP contribution in [0, 0.1) is 0 Å². The molecular weight excluding hydrogens is 340 g/mol.